The fraction of sp³-hybridized carbons (Fsp3) is 0.833. The number of amides is 2. The maximum Gasteiger partial charge on any atom is 0.323 e. The second kappa shape index (κ2) is 6.04. The predicted octanol–water partition coefficient (Wildman–Crippen LogP) is 0.587. The average molecular weight is 257 g/mol. The van der Waals surface area contributed by atoms with Gasteiger partial charge >= 0.3 is 12.0 Å². The predicted molar refractivity (Wildman–Crippen MR) is 68.6 cm³/mol. The first-order chi connectivity index (χ1) is 8.37. The summed E-state index contributed by atoms with van der Waals surface area (Å²) in [7, 11) is 5.54. The van der Waals surface area contributed by atoms with E-state index in [0.29, 0.717) is 6.54 Å². The summed E-state index contributed by atoms with van der Waals surface area (Å²) in [6.45, 7) is 0.295. The monoisotopic (exact) mass is 257 g/mol. The largest absolute Gasteiger partial charge is 0.480 e. The third kappa shape index (κ3) is 3.60. The number of carbonyl (C=O) groups is 2. The zero-order valence-electron chi connectivity index (χ0n) is 11.4. The highest BCUT2D eigenvalue weighted by Gasteiger charge is 2.36. The lowest BCUT2D eigenvalue weighted by Gasteiger charge is -2.36. The molecule has 1 rings (SSSR count). The molecule has 18 heavy (non-hydrogen) atoms. The van der Waals surface area contributed by atoms with Gasteiger partial charge in [0, 0.05) is 19.1 Å². The molecule has 1 saturated carbocycles. The zero-order valence-corrected chi connectivity index (χ0v) is 11.4. The lowest BCUT2D eigenvalue weighted by atomic mass is 9.96. The van der Waals surface area contributed by atoms with E-state index in [2.05, 4.69) is 10.2 Å². The molecule has 0 radical (unpaired) electrons. The summed E-state index contributed by atoms with van der Waals surface area (Å²) in [5, 5.41) is 11.5. The molecule has 104 valence electrons. The number of urea groups is 1. The van der Waals surface area contributed by atoms with Gasteiger partial charge in [-0.2, -0.15) is 0 Å². The molecule has 6 heteroatoms. The molecule has 1 aliphatic carbocycles. The molecule has 1 fully saturated rings. The fourth-order valence-corrected chi connectivity index (χ4v) is 2.47. The number of carboxylic acids is 1. The van der Waals surface area contributed by atoms with Crippen molar-refractivity contribution < 1.29 is 14.7 Å². The molecule has 0 aromatic heterocycles. The zero-order chi connectivity index (χ0) is 13.8. The topological polar surface area (TPSA) is 72.9 Å². The third-order valence-electron chi connectivity index (χ3n) is 3.77. The molecule has 0 saturated heterocycles. The molecule has 1 aliphatic rings. The van der Waals surface area contributed by atoms with Crippen LogP contribution < -0.4 is 5.32 Å². The standard InChI is InChI=1S/C12H23N3O3/c1-14(2)12(6-4-5-7-12)9-13-11(18)15(3)8-10(16)17/h4-9H2,1-3H3,(H,13,18)(H,16,17). The molecule has 0 unspecified atom stereocenters. The summed E-state index contributed by atoms with van der Waals surface area (Å²) in [4.78, 5) is 25.6. The van der Waals surface area contributed by atoms with Crippen molar-refractivity contribution >= 4 is 12.0 Å². The molecule has 0 aromatic rings. The van der Waals surface area contributed by atoms with Gasteiger partial charge in [0.05, 0.1) is 0 Å². The molecule has 2 N–H and O–H groups in total. The highest BCUT2D eigenvalue weighted by molar-refractivity contribution is 5.79. The summed E-state index contributed by atoms with van der Waals surface area (Å²) >= 11 is 0. The fourth-order valence-electron chi connectivity index (χ4n) is 2.47. The van der Waals surface area contributed by atoms with E-state index < -0.39 is 5.97 Å². The van der Waals surface area contributed by atoms with Crippen LogP contribution in [0.1, 0.15) is 25.7 Å². The minimum Gasteiger partial charge on any atom is -0.480 e. The number of nitrogens with one attached hydrogen (secondary N) is 1. The maximum atomic E-state index is 11.7. The molecule has 0 bridgehead atoms. The quantitative estimate of drug-likeness (QED) is 0.756. The van der Waals surface area contributed by atoms with Crippen LogP contribution in [0.4, 0.5) is 4.79 Å². The Bertz CT molecular complexity index is 312. The smallest absolute Gasteiger partial charge is 0.323 e. The number of hydrogen-bond donors (Lipinski definition) is 2. The van der Waals surface area contributed by atoms with Crippen molar-refractivity contribution in [2.45, 2.75) is 31.2 Å². The first kappa shape index (κ1) is 14.8. The average Bonchev–Trinajstić information content (AvgIpc) is 2.74. The van der Waals surface area contributed by atoms with Crippen molar-refractivity contribution in [1.29, 1.82) is 0 Å². The van der Waals surface area contributed by atoms with E-state index in [1.54, 1.807) is 0 Å². The lowest BCUT2D eigenvalue weighted by Crippen LogP contribution is -2.53. The number of hydrogen-bond acceptors (Lipinski definition) is 3. The normalized spacial score (nSPS) is 17.8. The van der Waals surface area contributed by atoms with E-state index in [9.17, 15) is 9.59 Å². The van der Waals surface area contributed by atoms with Gasteiger partial charge in [0.15, 0.2) is 0 Å². The van der Waals surface area contributed by atoms with Crippen molar-refractivity contribution in [1.82, 2.24) is 15.1 Å². The summed E-state index contributed by atoms with van der Waals surface area (Å²) in [5.74, 6) is -1.00. The van der Waals surface area contributed by atoms with Crippen LogP contribution in [-0.2, 0) is 4.79 Å². The van der Waals surface area contributed by atoms with Crippen LogP contribution >= 0.6 is 0 Å². The summed E-state index contributed by atoms with van der Waals surface area (Å²) in [5.41, 5.74) is 0.0275. The van der Waals surface area contributed by atoms with E-state index in [4.69, 9.17) is 5.11 Å². The molecule has 2 amide bonds. The third-order valence-corrected chi connectivity index (χ3v) is 3.77. The van der Waals surface area contributed by atoms with Gasteiger partial charge in [-0.25, -0.2) is 4.79 Å². The molecule has 6 nitrogen and oxygen atoms in total. The van der Waals surface area contributed by atoms with Gasteiger partial charge < -0.3 is 20.2 Å². The molecular formula is C12H23N3O3. The number of likely N-dealkylation sites (N-methyl/N-ethyl adjacent to an activating group) is 2. The number of nitrogens with zero attached hydrogens (tertiary/aromatic N) is 2. The number of carbonyl (C=O) groups excluding carboxylic acids is 1. The van der Waals surface area contributed by atoms with Gasteiger partial charge in [0.1, 0.15) is 6.54 Å². The van der Waals surface area contributed by atoms with Crippen molar-refractivity contribution in [3.05, 3.63) is 0 Å². The van der Waals surface area contributed by atoms with Gasteiger partial charge in [-0.1, -0.05) is 12.8 Å². The Kier molecular flexibility index (Phi) is 4.95. The number of rotatable bonds is 5. The second-order valence-corrected chi connectivity index (χ2v) is 5.23. The molecule has 0 heterocycles. The van der Waals surface area contributed by atoms with E-state index >= 15 is 0 Å². The highest BCUT2D eigenvalue weighted by atomic mass is 16.4. The highest BCUT2D eigenvalue weighted by Crippen LogP contribution is 2.33. The first-order valence-corrected chi connectivity index (χ1v) is 6.25. The Hall–Kier alpha value is -1.30. The van der Waals surface area contributed by atoms with Gasteiger partial charge in [0.2, 0.25) is 0 Å². The molecule has 0 aliphatic heterocycles. The first-order valence-electron chi connectivity index (χ1n) is 6.25. The second-order valence-electron chi connectivity index (χ2n) is 5.23. The van der Waals surface area contributed by atoms with Crippen molar-refractivity contribution in [2.24, 2.45) is 0 Å². The van der Waals surface area contributed by atoms with Gasteiger partial charge in [-0.05, 0) is 26.9 Å². The molecular weight excluding hydrogens is 234 g/mol. The Morgan fingerprint density at radius 3 is 2.22 bits per heavy atom. The van der Waals surface area contributed by atoms with Crippen molar-refractivity contribution in [2.75, 3.05) is 34.2 Å². The molecule has 0 aromatic carbocycles. The van der Waals surface area contributed by atoms with Crippen molar-refractivity contribution in [3.8, 4) is 0 Å². The van der Waals surface area contributed by atoms with Gasteiger partial charge in [0.25, 0.3) is 0 Å². The van der Waals surface area contributed by atoms with Gasteiger partial charge in [-0.15, -0.1) is 0 Å². The van der Waals surface area contributed by atoms with E-state index in [-0.39, 0.29) is 18.1 Å². The Labute approximate surface area is 108 Å². The van der Waals surface area contributed by atoms with Crippen LogP contribution in [0.25, 0.3) is 0 Å². The summed E-state index contributed by atoms with van der Waals surface area (Å²) in [6.07, 6.45) is 4.50. The van der Waals surface area contributed by atoms with Crippen LogP contribution in [0.5, 0.6) is 0 Å². The van der Waals surface area contributed by atoms with Crippen molar-refractivity contribution in [3.63, 3.8) is 0 Å². The number of carboxylic acid groups (broad SMARTS) is 1. The van der Waals surface area contributed by atoms with Crippen LogP contribution in [0.15, 0.2) is 0 Å². The minimum atomic E-state index is -1.00. The van der Waals surface area contributed by atoms with Crippen LogP contribution in [0, 0.1) is 0 Å². The van der Waals surface area contributed by atoms with E-state index in [1.807, 2.05) is 14.1 Å². The summed E-state index contributed by atoms with van der Waals surface area (Å²) < 4.78 is 0. The summed E-state index contributed by atoms with van der Waals surface area (Å²) in [6, 6.07) is -0.328. The Balaban J connectivity index is 2.48. The van der Waals surface area contributed by atoms with E-state index in [0.717, 1.165) is 12.8 Å². The lowest BCUT2D eigenvalue weighted by molar-refractivity contribution is -0.137. The molecule has 0 spiro atoms. The maximum absolute atomic E-state index is 11.7. The minimum absolute atomic E-state index is 0.0275. The SMILES string of the molecule is CN(CC(=O)O)C(=O)NCC1(N(C)C)CCCC1. The molecule has 0 atom stereocenters. The van der Waals surface area contributed by atoms with Crippen LogP contribution in [-0.4, -0.2) is 66.7 Å². The van der Waals surface area contributed by atoms with E-state index in [1.165, 1.54) is 24.8 Å². The van der Waals surface area contributed by atoms with Gasteiger partial charge in [-0.3, -0.25) is 4.79 Å². The van der Waals surface area contributed by atoms with Crippen LogP contribution in [0.3, 0.4) is 0 Å². The van der Waals surface area contributed by atoms with Crippen LogP contribution in [0.2, 0.25) is 0 Å². The number of aliphatic carboxylic acids is 1. The Morgan fingerprint density at radius 1 is 1.22 bits per heavy atom. The Morgan fingerprint density at radius 2 is 1.78 bits per heavy atom.